The summed E-state index contributed by atoms with van der Waals surface area (Å²) >= 11 is 0. The first-order chi connectivity index (χ1) is 12.0. The number of carboxylic acid groups (broad SMARTS) is 1. The van der Waals surface area contributed by atoms with E-state index < -0.39 is 11.9 Å². The number of aromatic nitrogens is 2. The van der Waals surface area contributed by atoms with E-state index in [2.05, 4.69) is 5.10 Å². The summed E-state index contributed by atoms with van der Waals surface area (Å²) < 4.78 is 6.97. The highest BCUT2D eigenvalue weighted by molar-refractivity contribution is 5.92. The fourth-order valence-corrected chi connectivity index (χ4v) is 3.08. The zero-order valence-electron chi connectivity index (χ0n) is 14.3. The van der Waals surface area contributed by atoms with Crippen LogP contribution in [0.4, 0.5) is 0 Å². The number of amides is 1. The zero-order chi connectivity index (χ0) is 18.0. The quantitative estimate of drug-likeness (QED) is 0.919. The fourth-order valence-electron chi connectivity index (χ4n) is 3.08. The normalized spacial score (nSPS) is 17.4. The van der Waals surface area contributed by atoms with E-state index in [0.717, 1.165) is 11.3 Å². The SMILES string of the molecule is COc1ccc(C)cc1-n1ccc(C(=O)N2CCCC(C(=O)O)C2)n1. The Morgan fingerprint density at radius 2 is 2.12 bits per heavy atom. The average molecular weight is 343 g/mol. The third kappa shape index (κ3) is 3.50. The summed E-state index contributed by atoms with van der Waals surface area (Å²) in [7, 11) is 1.59. The predicted molar refractivity (Wildman–Crippen MR) is 91.1 cm³/mol. The van der Waals surface area contributed by atoms with E-state index in [4.69, 9.17) is 4.74 Å². The van der Waals surface area contributed by atoms with Gasteiger partial charge in [-0.1, -0.05) is 6.07 Å². The number of hydrogen-bond donors (Lipinski definition) is 1. The Labute approximate surface area is 145 Å². The molecule has 3 rings (SSSR count). The van der Waals surface area contributed by atoms with Gasteiger partial charge in [-0.25, -0.2) is 4.68 Å². The molecular formula is C18H21N3O4. The first kappa shape index (κ1) is 17.0. The van der Waals surface area contributed by atoms with Gasteiger partial charge in [-0.3, -0.25) is 9.59 Å². The third-order valence-electron chi connectivity index (χ3n) is 4.45. The van der Waals surface area contributed by atoms with Crippen LogP contribution in [0.25, 0.3) is 5.69 Å². The minimum Gasteiger partial charge on any atom is -0.494 e. The Balaban J connectivity index is 1.83. The molecule has 1 aromatic heterocycles. The summed E-state index contributed by atoms with van der Waals surface area (Å²) in [6.45, 7) is 2.76. The minimum atomic E-state index is -0.854. The maximum Gasteiger partial charge on any atom is 0.308 e. The van der Waals surface area contributed by atoms with Crippen LogP contribution in [-0.4, -0.2) is 51.9 Å². The van der Waals surface area contributed by atoms with E-state index in [9.17, 15) is 14.7 Å². The summed E-state index contributed by atoms with van der Waals surface area (Å²) in [5, 5.41) is 13.5. The van der Waals surface area contributed by atoms with Crippen LogP contribution in [0.1, 0.15) is 28.9 Å². The predicted octanol–water partition coefficient (Wildman–Crippen LogP) is 2.13. The van der Waals surface area contributed by atoms with Crippen LogP contribution in [0.15, 0.2) is 30.5 Å². The third-order valence-corrected chi connectivity index (χ3v) is 4.45. The van der Waals surface area contributed by atoms with Gasteiger partial charge in [0.05, 0.1) is 13.0 Å². The van der Waals surface area contributed by atoms with Gasteiger partial charge in [-0.15, -0.1) is 0 Å². The van der Waals surface area contributed by atoms with Crippen molar-refractivity contribution in [2.45, 2.75) is 19.8 Å². The lowest BCUT2D eigenvalue weighted by atomic mass is 9.98. The number of likely N-dealkylation sites (tertiary alicyclic amines) is 1. The molecule has 1 unspecified atom stereocenters. The summed E-state index contributed by atoms with van der Waals surface area (Å²) in [5.74, 6) is -0.933. The lowest BCUT2D eigenvalue weighted by Crippen LogP contribution is -2.42. The van der Waals surface area contributed by atoms with Crippen molar-refractivity contribution in [1.29, 1.82) is 0 Å². The number of piperidine rings is 1. The highest BCUT2D eigenvalue weighted by Crippen LogP contribution is 2.24. The highest BCUT2D eigenvalue weighted by atomic mass is 16.5. The molecule has 1 atom stereocenters. The van der Waals surface area contributed by atoms with Crippen molar-refractivity contribution in [2.75, 3.05) is 20.2 Å². The largest absolute Gasteiger partial charge is 0.494 e. The second-order valence-electron chi connectivity index (χ2n) is 6.25. The molecular weight excluding hydrogens is 322 g/mol. The molecule has 1 amide bonds. The van der Waals surface area contributed by atoms with Gasteiger partial charge in [0, 0.05) is 19.3 Å². The second-order valence-corrected chi connectivity index (χ2v) is 6.25. The topological polar surface area (TPSA) is 84.7 Å². The summed E-state index contributed by atoms with van der Waals surface area (Å²) in [6, 6.07) is 7.38. The van der Waals surface area contributed by atoms with E-state index in [0.29, 0.717) is 30.8 Å². The van der Waals surface area contributed by atoms with Gasteiger partial charge in [0.1, 0.15) is 11.4 Å². The maximum atomic E-state index is 12.7. The van der Waals surface area contributed by atoms with Crippen LogP contribution in [0.2, 0.25) is 0 Å². The number of carbonyl (C=O) groups excluding carboxylic acids is 1. The van der Waals surface area contributed by atoms with Gasteiger partial charge in [0.25, 0.3) is 5.91 Å². The molecule has 0 radical (unpaired) electrons. The first-order valence-electron chi connectivity index (χ1n) is 8.22. The van der Waals surface area contributed by atoms with Gasteiger partial charge in [0.15, 0.2) is 5.69 Å². The minimum absolute atomic E-state index is 0.231. The molecule has 1 N–H and O–H groups in total. The van der Waals surface area contributed by atoms with Gasteiger partial charge >= 0.3 is 5.97 Å². The average Bonchev–Trinajstić information content (AvgIpc) is 3.11. The molecule has 1 aliphatic rings. The molecule has 0 aliphatic carbocycles. The van der Waals surface area contributed by atoms with Crippen molar-refractivity contribution >= 4 is 11.9 Å². The molecule has 1 aliphatic heterocycles. The smallest absolute Gasteiger partial charge is 0.308 e. The molecule has 7 heteroatoms. The van der Waals surface area contributed by atoms with Crippen molar-refractivity contribution in [3.63, 3.8) is 0 Å². The lowest BCUT2D eigenvalue weighted by Gasteiger charge is -2.30. The fraction of sp³-hybridized carbons (Fsp3) is 0.389. The lowest BCUT2D eigenvalue weighted by molar-refractivity contribution is -0.143. The molecule has 132 valence electrons. The molecule has 0 saturated carbocycles. The monoisotopic (exact) mass is 343 g/mol. The van der Waals surface area contributed by atoms with Crippen molar-refractivity contribution in [3.05, 3.63) is 41.7 Å². The zero-order valence-corrected chi connectivity index (χ0v) is 14.3. The van der Waals surface area contributed by atoms with E-state index in [-0.39, 0.29) is 12.5 Å². The van der Waals surface area contributed by atoms with Crippen LogP contribution >= 0.6 is 0 Å². The number of carboxylic acids is 1. The van der Waals surface area contributed by atoms with Crippen LogP contribution in [0, 0.1) is 12.8 Å². The van der Waals surface area contributed by atoms with Crippen LogP contribution < -0.4 is 4.74 Å². The van der Waals surface area contributed by atoms with Gasteiger partial charge in [0.2, 0.25) is 0 Å². The number of hydrogen-bond acceptors (Lipinski definition) is 4. The number of carbonyl (C=O) groups is 2. The van der Waals surface area contributed by atoms with Crippen molar-refractivity contribution in [3.8, 4) is 11.4 Å². The number of aliphatic carboxylic acids is 1. The van der Waals surface area contributed by atoms with Crippen LogP contribution in [0.3, 0.4) is 0 Å². The van der Waals surface area contributed by atoms with E-state index in [1.54, 1.807) is 29.0 Å². The molecule has 0 spiro atoms. The number of methoxy groups -OCH3 is 1. The van der Waals surface area contributed by atoms with Crippen molar-refractivity contribution < 1.29 is 19.4 Å². The summed E-state index contributed by atoms with van der Waals surface area (Å²) in [5.41, 5.74) is 2.11. The Bertz CT molecular complexity index is 799. The van der Waals surface area contributed by atoms with E-state index in [1.165, 1.54) is 0 Å². The molecule has 7 nitrogen and oxygen atoms in total. The van der Waals surface area contributed by atoms with E-state index >= 15 is 0 Å². The van der Waals surface area contributed by atoms with Gasteiger partial charge in [-0.05, 0) is 43.5 Å². The second kappa shape index (κ2) is 6.96. The number of benzene rings is 1. The van der Waals surface area contributed by atoms with E-state index in [1.807, 2.05) is 25.1 Å². The standard InChI is InChI=1S/C18H21N3O4/c1-12-5-6-16(25-2)15(10-12)21-9-7-14(19-21)17(22)20-8-3-4-13(11-20)18(23)24/h5-7,9-10,13H,3-4,8,11H2,1-2H3,(H,23,24). The Hall–Kier alpha value is -2.83. The molecule has 0 bridgehead atoms. The Morgan fingerprint density at radius 3 is 2.84 bits per heavy atom. The first-order valence-corrected chi connectivity index (χ1v) is 8.22. The summed E-state index contributed by atoms with van der Waals surface area (Å²) in [6.07, 6.45) is 3.01. The van der Waals surface area contributed by atoms with Gasteiger partial charge < -0.3 is 14.7 Å². The van der Waals surface area contributed by atoms with Crippen molar-refractivity contribution in [1.82, 2.24) is 14.7 Å². The Morgan fingerprint density at radius 1 is 1.32 bits per heavy atom. The number of nitrogens with zero attached hydrogens (tertiary/aromatic N) is 3. The number of aryl methyl sites for hydroxylation is 1. The maximum absolute atomic E-state index is 12.7. The Kier molecular flexibility index (Phi) is 4.74. The van der Waals surface area contributed by atoms with Crippen LogP contribution in [0.5, 0.6) is 5.75 Å². The van der Waals surface area contributed by atoms with Crippen molar-refractivity contribution in [2.24, 2.45) is 5.92 Å². The highest BCUT2D eigenvalue weighted by Gasteiger charge is 2.29. The summed E-state index contributed by atoms with van der Waals surface area (Å²) in [4.78, 5) is 25.4. The molecule has 1 fully saturated rings. The van der Waals surface area contributed by atoms with Crippen LogP contribution in [-0.2, 0) is 4.79 Å². The number of ether oxygens (including phenoxy) is 1. The number of rotatable bonds is 4. The molecule has 1 aromatic carbocycles. The molecule has 2 aromatic rings. The molecule has 25 heavy (non-hydrogen) atoms. The molecule has 2 heterocycles. The van der Waals surface area contributed by atoms with Gasteiger partial charge in [-0.2, -0.15) is 5.10 Å². The molecule has 1 saturated heterocycles.